The molecule has 0 saturated carbocycles. The third kappa shape index (κ3) is 2.74. The third-order valence-corrected chi connectivity index (χ3v) is 3.69. The molecule has 1 aliphatic rings. The maximum absolute atomic E-state index is 12.1. The number of nitrogens with zero attached hydrogens (tertiary/aromatic N) is 3. The van der Waals surface area contributed by atoms with E-state index in [-0.39, 0.29) is 5.91 Å². The van der Waals surface area contributed by atoms with Gasteiger partial charge < -0.3 is 14.6 Å². The molecule has 1 N–H and O–H groups in total. The summed E-state index contributed by atoms with van der Waals surface area (Å²) in [5.74, 6) is 0.503. The lowest BCUT2D eigenvalue weighted by Gasteiger charge is -2.08. The predicted molar refractivity (Wildman–Crippen MR) is 79.2 cm³/mol. The average Bonchev–Trinajstić information content (AvgIpc) is 3.25. The van der Waals surface area contributed by atoms with Gasteiger partial charge in [-0.2, -0.15) is 5.10 Å². The van der Waals surface area contributed by atoms with E-state index < -0.39 is 6.10 Å². The summed E-state index contributed by atoms with van der Waals surface area (Å²) in [7, 11) is 0. The molecule has 0 spiro atoms. The lowest BCUT2D eigenvalue weighted by atomic mass is 10.1. The van der Waals surface area contributed by atoms with Crippen molar-refractivity contribution >= 4 is 11.6 Å². The molecule has 0 unspecified atom stereocenters. The molecular formula is C15H18N4O3. The minimum absolute atomic E-state index is 0.198. The molecular weight excluding hydrogens is 284 g/mol. The number of oxime groups is 1. The first-order valence-electron chi connectivity index (χ1n) is 7.24. The summed E-state index contributed by atoms with van der Waals surface area (Å²) >= 11 is 0. The van der Waals surface area contributed by atoms with Crippen LogP contribution in [0.2, 0.25) is 0 Å². The lowest BCUT2D eigenvalue weighted by molar-refractivity contribution is -0.131. The Bertz CT molecular complexity index is 688. The second kappa shape index (κ2) is 6.05. The van der Waals surface area contributed by atoms with E-state index in [2.05, 4.69) is 15.6 Å². The maximum Gasteiger partial charge on any atom is 0.264 e. The summed E-state index contributed by atoms with van der Waals surface area (Å²) in [5, 5.41) is 11.1. The van der Waals surface area contributed by atoms with Crippen molar-refractivity contribution in [1.82, 2.24) is 15.1 Å². The van der Waals surface area contributed by atoms with Gasteiger partial charge in [-0.3, -0.25) is 9.48 Å². The van der Waals surface area contributed by atoms with E-state index in [9.17, 15) is 4.79 Å². The molecule has 1 aliphatic heterocycles. The Hall–Kier alpha value is -2.57. The highest BCUT2D eigenvalue weighted by Gasteiger charge is 2.30. The van der Waals surface area contributed by atoms with Gasteiger partial charge in [-0.05, 0) is 26.0 Å². The first-order chi connectivity index (χ1) is 10.7. The van der Waals surface area contributed by atoms with Gasteiger partial charge in [0.15, 0.2) is 0 Å². The standard InChI is InChI=1S/C15H18N4O3/c1-3-19-10(2)12(9-17-19)13-7-14(22-18-13)15(20)16-8-11-5-4-6-21-11/h4-6,9,14H,3,7-8H2,1-2H3,(H,16,20)/t14-/m0/s1. The van der Waals surface area contributed by atoms with E-state index in [4.69, 9.17) is 9.25 Å². The van der Waals surface area contributed by atoms with Gasteiger partial charge >= 0.3 is 0 Å². The summed E-state index contributed by atoms with van der Waals surface area (Å²) in [5.41, 5.74) is 2.72. The molecule has 22 heavy (non-hydrogen) atoms. The molecule has 0 saturated heterocycles. The molecule has 0 fully saturated rings. The Morgan fingerprint density at radius 2 is 2.41 bits per heavy atom. The zero-order valence-corrected chi connectivity index (χ0v) is 12.6. The van der Waals surface area contributed by atoms with Crippen LogP contribution >= 0.6 is 0 Å². The van der Waals surface area contributed by atoms with E-state index in [1.54, 1.807) is 24.6 Å². The van der Waals surface area contributed by atoms with Gasteiger partial charge in [0.25, 0.3) is 5.91 Å². The van der Waals surface area contributed by atoms with Crippen molar-refractivity contribution in [1.29, 1.82) is 0 Å². The fraction of sp³-hybridized carbons (Fsp3) is 0.400. The molecule has 0 aliphatic carbocycles. The SMILES string of the molecule is CCn1ncc(C2=NO[C@H](C(=O)NCc3ccco3)C2)c1C. The van der Waals surface area contributed by atoms with Crippen LogP contribution in [0.15, 0.2) is 34.2 Å². The molecule has 7 heteroatoms. The largest absolute Gasteiger partial charge is 0.467 e. The minimum atomic E-state index is -0.602. The Labute approximate surface area is 127 Å². The quantitative estimate of drug-likeness (QED) is 0.910. The Kier molecular flexibility index (Phi) is 3.95. The maximum atomic E-state index is 12.1. The number of amides is 1. The van der Waals surface area contributed by atoms with Gasteiger partial charge in [-0.25, -0.2) is 0 Å². The number of aromatic nitrogens is 2. The van der Waals surface area contributed by atoms with Crippen molar-refractivity contribution in [2.45, 2.75) is 39.5 Å². The van der Waals surface area contributed by atoms with Crippen molar-refractivity contribution in [3.63, 3.8) is 0 Å². The molecule has 7 nitrogen and oxygen atoms in total. The average molecular weight is 302 g/mol. The second-order valence-electron chi connectivity index (χ2n) is 5.09. The molecule has 2 aromatic rings. The van der Waals surface area contributed by atoms with E-state index >= 15 is 0 Å². The normalized spacial score (nSPS) is 17.2. The first-order valence-corrected chi connectivity index (χ1v) is 7.24. The fourth-order valence-electron chi connectivity index (χ4n) is 2.43. The van der Waals surface area contributed by atoms with Crippen molar-refractivity contribution in [3.8, 4) is 0 Å². The van der Waals surface area contributed by atoms with Crippen molar-refractivity contribution < 1.29 is 14.0 Å². The number of carbonyl (C=O) groups excluding carboxylic acids is 1. The van der Waals surface area contributed by atoms with Gasteiger partial charge in [0.1, 0.15) is 5.76 Å². The van der Waals surface area contributed by atoms with Gasteiger partial charge in [0.2, 0.25) is 6.10 Å². The summed E-state index contributed by atoms with van der Waals surface area (Å²) in [6, 6.07) is 3.59. The summed E-state index contributed by atoms with van der Waals surface area (Å²) in [4.78, 5) is 17.3. The zero-order chi connectivity index (χ0) is 15.5. The Morgan fingerprint density at radius 3 is 3.09 bits per heavy atom. The van der Waals surface area contributed by atoms with Crippen LogP contribution < -0.4 is 5.32 Å². The highest BCUT2D eigenvalue weighted by molar-refractivity contribution is 6.04. The molecule has 3 rings (SSSR count). The summed E-state index contributed by atoms with van der Waals surface area (Å²) in [6.07, 6.45) is 3.18. The number of hydrogen-bond donors (Lipinski definition) is 1. The van der Waals surface area contributed by atoms with Crippen LogP contribution in [0.5, 0.6) is 0 Å². The van der Waals surface area contributed by atoms with E-state index in [0.717, 1.165) is 23.5 Å². The molecule has 3 heterocycles. The third-order valence-electron chi connectivity index (χ3n) is 3.69. The number of carbonyl (C=O) groups is 1. The zero-order valence-electron chi connectivity index (χ0n) is 12.6. The minimum Gasteiger partial charge on any atom is -0.467 e. The van der Waals surface area contributed by atoms with Crippen LogP contribution in [0.25, 0.3) is 0 Å². The molecule has 116 valence electrons. The highest BCUT2D eigenvalue weighted by Crippen LogP contribution is 2.19. The molecule has 1 amide bonds. The number of hydrogen-bond acceptors (Lipinski definition) is 5. The topological polar surface area (TPSA) is 81.6 Å². The molecule has 2 aromatic heterocycles. The Balaban J connectivity index is 1.59. The number of nitrogens with one attached hydrogen (secondary N) is 1. The highest BCUT2D eigenvalue weighted by atomic mass is 16.6. The van der Waals surface area contributed by atoms with Crippen LogP contribution in [-0.2, 0) is 22.7 Å². The van der Waals surface area contributed by atoms with Crippen LogP contribution in [-0.4, -0.2) is 27.5 Å². The summed E-state index contributed by atoms with van der Waals surface area (Å²) in [6.45, 7) is 5.15. The molecule has 0 bridgehead atoms. The fourth-order valence-corrected chi connectivity index (χ4v) is 2.43. The van der Waals surface area contributed by atoms with Crippen molar-refractivity contribution in [2.24, 2.45) is 5.16 Å². The van der Waals surface area contributed by atoms with Crippen LogP contribution in [0.4, 0.5) is 0 Å². The first kappa shape index (κ1) is 14.4. The van der Waals surface area contributed by atoms with Gasteiger partial charge in [-0.15, -0.1) is 0 Å². The molecule has 0 radical (unpaired) electrons. The lowest BCUT2D eigenvalue weighted by Crippen LogP contribution is -2.34. The van der Waals surface area contributed by atoms with E-state index in [1.165, 1.54) is 0 Å². The van der Waals surface area contributed by atoms with Crippen LogP contribution in [0, 0.1) is 6.92 Å². The van der Waals surface area contributed by atoms with Crippen molar-refractivity contribution in [2.75, 3.05) is 0 Å². The summed E-state index contributed by atoms with van der Waals surface area (Å²) < 4.78 is 7.06. The molecule has 1 atom stereocenters. The number of furan rings is 1. The van der Waals surface area contributed by atoms with Gasteiger partial charge in [0.05, 0.1) is 24.7 Å². The number of rotatable bonds is 5. The van der Waals surface area contributed by atoms with E-state index in [1.807, 2.05) is 18.5 Å². The second-order valence-corrected chi connectivity index (χ2v) is 5.09. The Morgan fingerprint density at radius 1 is 1.55 bits per heavy atom. The van der Waals surface area contributed by atoms with E-state index in [0.29, 0.717) is 18.7 Å². The molecule has 0 aromatic carbocycles. The van der Waals surface area contributed by atoms with Crippen molar-refractivity contribution in [3.05, 3.63) is 41.6 Å². The van der Waals surface area contributed by atoms with Crippen LogP contribution in [0.1, 0.15) is 30.4 Å². The smallest absolute Gasteiger partial charge is 0.264 e. The van der Waals surface area contributed by atoms with Crippen LogP contribution in [0.3, 0.4) is 0 Å². The predicted octanol–water partition coefficient (Wildman–Crippen LogP) is 1.61. The van der Waals surface area contributed by atoms with Gasteiger partial charge in [0, 0.05) is 24.2 Å². The monoisotopic (exact) mass is 302 g/mol. The van der Waals surface area contributed by atoms with Gasteiger partial charge in [-0.1, -0.05) is 5.16 Å². The number of aryl methyl sites for hydroxylation is 1.